The molecule has 336 valence electrons. The number of amides is 2. The van der Waals surface area contributed by atoms with Crippen LogP contribution in [0.4, 0.5) is 0 Å². The van der Waals surface area contributed by atoms with Crippen LogP contribution in [-0.2, 0) is 31.0 Å². The van der Waals surface area contributed by atoms with Gasteiger partial charge in [0.2, 0.25) is 11.8 Å². The Morgan fingerprint density at radius 2 is 1.38 bits per heavy atom. The Balaban J connectivity index is 1.55. The van der Waals surface area contributed by atoms with Gasteiger partial charge >= 0.3 is 5.97 Å². The van der Waals surface area contributed by atoms with Crippen molar-refractivity contribution in [3.63, 3.8) is 0 Å². The number of carbonyl (C=O) groups is 5. The topological polar surface area (TPSA) is 217 Å². The maximum absolute atomic E-state index is 14.8. The number of nitrogens with one attached hydrogen (secondary N) is 1. The van der Waals surface area contributed by atoms with E-state index in [0.717, 1.165) is 11.1 Å². The zero-order valence-electron chi connectivity index (χ0n) is 37.2. The van der Waals surface area contributed by atoms with E-state index in [1.165, 1.54) is 17.5 Å². The third-order valence-corrected chi connectivity index (χ3v) is 11.5. The summed E-state index contributed by atoms with van der Waals surface area (Å²) in [7, 11) is 1.54. The van der Waals surface area contributed by atoms with E-state index in [1.54, 1.807) is 55.5 Å². The Morgan fingerprint density at radius 3 is 1.95 bits per heavy atom. The first-order chi connectivity index (χ1) is 30.1. The lowest BCUT2D eigenvalue weighted by molar-refractivity contribution is -0.144. The first-order valence-electron chi connectivity index (χ1n) is 21.8. The van der Waals surface area contributed by atoms with Crippen LogP contribution in [0.1, 0.15) is 92.9 Å². The van der Waals surface area contributed by atoms with E-state index in [0.29, 0.717) is 65.1 Å². The molecule has 1 aliphatic rings. The molecule has 0 fully saturated rings. The molecule has 13 heteroatoms. The van der Waals surface area contributed by atoms with Gasteiger partial charge in [-0.15, -0.1) is 0 Å². The quantitative estimate of drug-likeness (QED) is 0.0592. The fourth-order valence-corrected chi connectivity index (χ4v) is 7.93. The van der Waals surface area contributed by atoms with Gasteiger partial charge in [-0.3, -0.25) is 19.2 Å². The molecule has 0 spiro atoms. The molecule has 0 aliphatic carbocycles. The van der Waals surface area contributed by atoms with Crippen LogP contribution in [0.3, 0.4) is 0 Å². The number of fused-ring (bicyclic) bond motifs is 5. The highest BCUT2D eigenvalue weighted by molar-refractivity contribution is 6.00. The summed E-state index contributed by atoms with van der Waals surface area (Å²) >= 11 is 0. The van der Waals surface area contributed by atoms with E-state index >= 15 is 0 Å². The number of hydrogen-bond donors (Lipinski definition) is 5. The Kier molecular flexibility index (Phi) is 16.8. The zero-order valence-corrected chi connectivity index (χ0v) is 37.2. The number of carboxylic acids is 1. The van der Waals surface area contributed by atoms with Crippen molar-refractivity contribution in [2.75, 3.05) is 39.9 Å². The minimum absolute atomic E-state index is 0.0201. The van der Waals surface area contributed by atoms with Crippen LogP contribution >= 0.6 is 0 Å². The van der Waals surface area contributed by atoms with Gasteiger partial charge in [-0.05, 0) is 76.9 Å². The lowest BCUT2D eigenvalue weighted by Gasteiger charge is -2.32. The van der Waals surface area contributed by atoms with Crippen molar-refractivity contribution >= 4 is 29.4 Å². The van der Waals surface area contributed by atoms with Gasteiger partial charge in [0.15, 0.2) is 11.6 Å². The second kappa shape index (κ2) is 22.0. The number of carboxylic acid groups (broad SMARTS) is 1. The summed E-state index contributed by atoms with van der Waals surface area (Å²) in [5.41, 5.74) is 23.3. The van der Waals surface area contributed by atoms with Gasteiger partial charge in [0.25, 0.3) is 0 Å². The highest BCUT2D eigenvalue weighted by Gasteiger charge is 2.36. The summed E-state index contributed by atoms with van der Waals surface area (Å²) in [4.78, 5) is 70.8. The number of unbranched alkanes of at least 4 members (excludes halogenated alkanes) is 1. The Bertz CT molecular complexity index is 2230. The van der Waals surface area contributed by atoms with E-state index in [4.69, 9.17) is 26.7 Å². The summed E-state index contributed by atoms with van der Waals surface area (Å²) in [5, 5.41) is 12.8. The molecular formula is C50H63N5O8. The molecule has 8 N–H and O–H groups in total. The molecule has 0 radical (unpaired) electrons. The van der Waals surface area contributed by atoms with Crippen LogP contribution in [0.2, 0.25) is 0 Å². The van der Waals surface area contributed by atoms with Crippen LogP contribution in [-0.4, -0.2) is 85.3 Å². The molecule has 0 saturated heterocycles. The van der Waals surface area contributed by atoms with Crippen LogP contribution in [0, 0.1) is 11.8 Å². The summed E-state index contributed by atoms with van der Waals surface area (Å²) < 4.78 is 12.2. The van der Waals surface area contributed by atoms with E-state index in [2.05, 4.69) is 50.4 Å². The van der Waals surface area contributed by atoms with Crippen molar-refractivity contribution in [1.29, 1.82) is 0 Å². The minimum atomic E-state index is -1.30. The lowest BCUT2D eigenvalue weighted by atomic mass is 9.86. The zero-order chi connectivity index (χ0) is 45.8. The maximum Gasteiger partial charge on any atom is 0.326 e. The summed E-state index contributed by atoms with van der Waals surface area (Å²) in [6.45, 7) is 9.23. The number of hydrogen-bond acceptors (Lipinski definition) is 10. The smallest absolute Gasteiger partial charge is 0.326 e. The molecule has 4 atom stereocenters. The number of Topliss-reactive ketones (excluding diaryl/α,β-unsaturated/α-hetero) is 2. The first-order valence-corrected chi connectivity index (χ1v) is 21.8. The molecule has 13 nitrogen and oxygen atoms in total. The third-order valence-electron chi connectivity index (χ3n) is 11.5. The number of benzene rings is 4. The summed E-state index contributed by atoms with van der Waals surface area (Å²) in [5.74, 6) is -3.84. The second-order valence-corrected chi connectivity index (χ2v) is 17.4. The number of nitrogens with zero attached hydrogens (tertiary/aromatic N) is 1. The highest BCUT2D eigenvalue weighted by Crippen LogP contribution is 2.41. The standard InChI is InChI=1S/C50H63N5O8/c1-31-26-43(57)46(36-16-20-45(63-25-23-53)40(29-36)39-27-32(9-19-44(39)62-24-22-52)28-41(49(60)61)54-47(31)58)55(5)48(59)37(8-6-7-21-51)30-42(56)35-12-10-33(11-13-35)34-14-17-38(18-15-34)50(2,3)4/h9-20,27,29,31,37,41,46H,6-8,21-26,28,30,51-53H2,1-5H3,(H,54,58)(H,60,61)/t31-,37-,41+,46+/m1/s1. The highest BCUT2D eigenvalue weighted by atomic mass is 16.5. The fourth-order valence-electron chi connectivity index (χ4n) is 7.93. The van der Waals surface area contributed by atoms with Crippen LogP contribution < -0.4 is 32.0 Å². The van der Waals surface area contributed by atoms with Gasteiger partial charge in [-0.1, -0.05) is 94.8 Å². The predicted molar refractivity (Wildman–Crippen MR) is 244 cm³/mol. The molecule has 1 heterocycles. The van der Waals surface area contributed by atoms with Gasteiger partial charge in [-0.2, -0.15) is 0 Å². The summed E-state index contributed by atoms with van der Waals surface area (Å²) in [6, 6.07) is 23.6. The van der Waals surface area contributed by atoms with Gasteiger partial charge in [0.1, 0.15) is 36.8 Å². The average molecular weight is 862 g/mol. The predicted octanol–water partition coefficient (Wildman–Crippen LogP) is 6.23. The van der Waals surface area contributed by atoms with Crippen molar-refractivity contribution in [2.24, 2.45) is 29.0 Å². The SMILES string of the molecule is C[C@@H]1CC(=O)[C@@H](N(C)C(=O)[C@H](CCCCN)CC(=O)c2ccc(-c3ccc(C(C)(C)C)cc3)cc2)c2ccc(OCCN)c(c2)-c2cc(ccc2OCCN)C[C@@H](C(=O)O)NC1=O. The van der Waals surface area contributed by atoms with Crippen LogP contribution in [0.25, 0.3) is 22.3 Å². The van der Waals surface area contributed by atoms with E-state index in [1.807, 2.05) is 12.1 Å². The number of rotatable bonds is 17. The van der Waals surface area contributed by atoms with Crippen LogP contribution in [0.15, 0.2) is 84.9 Å². The number of aliphatic carboxylic acids is 1. The number of likely N-dealkylation sites (N-methyl/N-ethyl adjacent to an activating group) is 1. The summed E-state index contributed by atoms with van der Waals surface area (Å²) in [6.07, 6.45) is 1.11. The fraction of sp³-hybridized carbons (Fsp3) is 0.420. The maximum atomic E-state index is 14.8. The molecule has 4 aromatic rings. The van der Waals surface area contributed by atoms with Gasteiger partial charge in [0.05, 0.1) is 0 Å². The van der Waals surface area contributed by atoms with Crippen molar-refractivity contribution < 1.29 is 38.6 Å². The largest absolute Gasteiger partial charge is 0.492 e. The number of nitrogens with two attached hydrogens (primary N) is 3. The van der Waals surface area contributed by atoms with Crippen molar-refractivity contribution in [2.45, 2.75) is 83.7 Å². The molecule has 0 unspecified atom stereocenters. The Morgan fingerprint density at radius 1 is 0.794 bits per heavy atom. The van der Waals surface area contributed by atoms with Gasteiger partial charge in [-0.25, -0.2) is 4.79 Å². The monoisotopic (exact) mass is 861 g/mol. The van der Waals surface area contributed by atoms with E-state index in [9.17, 15) is 29.1 Å². The average Bonchev–Trinajstić information content (AvgIpc) is 3.26. The van der Waals surface area contributed by atoms with Gasteiger partial charge in [0, 0.05) is 67.9 Å². The van der Waals surface area contributed by atoms with E-state index < -0.39 is 47.5 Å². The molecule has 2 amide bonds. The Labute approximate surface area is 370 Å². The molecule has 63 heavy (non-hydrogen) atoms. The first kappa shape index (κ1) is 48.1. The third kappa shape index (κ3) is 12.4. The minimum Gasteiger partial charge on any atom is -0.492 e. The molecule has 4 bridgehead atoms. The Hall–Kier alpha value is -5.89. The molecule has 1 aliphatic heterocycles. The van der Waals surface area contributed by atoms with Crippen molar-refractivity contribution in [3.05, 3.63) is 107 Å². The molecule has 4 aromatic carbocycles. The number of ketones is 2. The lowest BCUT2D eigenvalue weighted by Crippen LogP contribution is -2.45. The molecule has 0 aromatic heterocycles. The van der Waals surface area contributed by atoms with Crippen molar-refractivity contribution in [1.82, 2.24) is 10.2 Å². The van der Waals surface area contributed by atoms with Crippen LogP contribution in [0.5, 0.6) is 11.5 Å². The normalized spacial score (nSPS) is 17.2. The van der Waals surface area contributed by atoms with Crippen molar-refractivity contribution in [3.8, 4) is 33.8 Å². The molecular weight excluding hydrogens is 799 g/mol. The van der Waals surface area contributed by atoms with Gasteiger partial charge < -0.3 is 42.0 Å². The number of carbonyl (C=O) groups excluding carboxylic acids is 4. The second-order valence-electron chi connectivity index (χ2n) is 17.4. The van der Waals surface area contributed by atoms with E-state index in [-0.39, 0.29) is 56.8 Å². The number of ether oxygens (including phenoxy) is 2. The molecule has 0 saturated carbocycles. The molecule has 5 rings (SSSR count).